The summed E-state index contributed by atoms with van der Waals surface area (Å²) in [4.78, 5) is 0. The molecule has 1 aromatic heterocycles. The van der Waals surface area contributed by atoms with E-state index in [0.717, 1.165) is 24.7 Å². The van der Waals surface area contributed by atoms with Gasteiger partial charge in [0.15, 0.2) is 0 Å². The maximum atomic E-state index is 4.21. The average Bonchev–Trinajstić information content (AvgIpc) is 3.00. The number of aryl methyl sites for hydroxylation is 1. The number of hydrogen-bond acceptors (Lipinski definition) is 3. The lowest BCUT2D eigenvalue weighted by Crippen LogP contribution is -2.39. The van der Waals surface area contributed by atoms with Crippen LogP contribution < -0.4 is 5.32 Å². The first kappa shape index (κ1) is 12.6. The maximum Gasteiger partial charge on any atom is 0.0833 e. The van der Waals surface area contributed by atoms with Crippen LogP contribution in [0.2, 0.25) is 0 Å². The van der Waals surface area contributed by atoms with Gasteiger partial charge in [-0.25, -0.2) is 0 Å². The van der Waals surface area contributed by atoms with Crippen LogP contribution in [0.4, 0.5) is 0 Å². The summed E-state index contributed by atoms with van der Waals surface area (Å²) in [6.45, 7) is 8.02. The highest BCUT2D eigenvalue weighted by Crippen LogP contribution is 2.31. The van der Waals surface area contributed by atoms with E-state index in [1.165, 1.54) is 12.8 Å². The normalized spacial score (nSPS) is 19.6. The Bertz CT molecular complexity index is 367. The smallest absolute Gasteiger partial charge is 0.0833 e. The Morgan fingerprint density at radius 1 is 1.53 bits per heavy atom. The molecule has 1 heterocycles. The summed E-state index contributed by atoms with van der Waals surface area (Å²) in [7, 11) is 1.92. The van der Waals surface area contributed by atoms with Crippen molar-refractivity contribution in [1.82, 2.24) is 20.3 Å². The van der Waals surface area contributed by atoms with Gasteiger partial charge in [0.1, 0.15) is 0 Å². The Balaban J connectivity index is 1.98. The highest BCUT2D eigenvalue weighted by atomic mass is 15.4. The van der Waals surface area contributed by atoms with Crippen molar-refractivity contribution in [3.05, 3.63) is 11.9 Å². The summed E-state index contributed by atoms with van der Waals surface area (Å²) in [5, 5.41) is 11.9. The molecule has 0 amide bonds. The van der Waals surface area contributed by atoms with E-state index in [2.05, 4.69) is 36.4 Å². The Kier molecular flexibility index (Phi) is 3.52. The molecule has 1 aliphatic rings. The standard InChI is InChI=1S/C13H24N4/c1-10(2)13(3,9-14-11-5-6-11)7-12-8-17(4)16-15-12/h8,10-11,14H,5-7,9H2,1-4H3. The minimum absolute atomic E-state index is 0.263. The zero-order chi connectivity index (χ0) is 12.5. The molecule has 0 aliphatic heterocycles. The van der Waals surface area contributed by atoms with Gasteiger partial charge in [0.05, 0.1) is 5.69 Å². The predicted molar refractivity (Wildman–Crippen MR) is 68.7 cm³/mol. The lowest BCUT2D eigenvalue weighted by Gasteiger charge is -2.33. The Morgan fingerprint density at radius 2 is 2.24 bits per heavy atom. The van der Waals surface area contributed by atoms with E-state index in [0.29, 0.717) is 5.92 Å². The fourth-order valence-electron chi connectivity index (χ4n) is 2.03. The molecule has 0 aromatic carbocycles. The molecule has 0 spiro atoms. The van der Waals surface area contributed by atoms with Gasteiger partial charge in [-0.05, 0) is 30.6 Å². The quantitative estimate of drug-likeness (QED) is 0.818. The van der Waals surface area contributed by atoms with Crippen molar-refractivity contribution < 1.29 is 0 Å². The summed E-state index contributed by atoms with van der Waals surface area (Å²) >= 11 is 0. The Hall–Kier alpha value is -0.900. The molecule has 0 bridgehead atoms. The molecule has 0 saturated heterocycles. The lowest BCUT2D eigenvalue weighted by atomic mass is 9.75. The molecular weight excluding hydrogens is 212 g/mol. The third-order valence-corrected chi connectivity index (χ3v) is 4.00. The molecule has 1 saturated carbocycles. The first-order chi connectivity index (χ1) is 7.99. The van der Waals surface area contributed by atoms with Crippen molar-refractivity contribution in [2.75, 3.05) is 6.54 Å². The van der Waals surface area contributed by atoms with Gasteiger partial charge in [-0.1, -0.05) is 26.0 Å². The van der Waals surface area contributed by atoms with Crippen LogP contribution in [-0.2, 0) is 13.5 Å². The van der Waals surface area contributed by atoms with Gasteiger partial charge in [0.2, 0.25) is 0 Å². The number of aromatic nitrogens is 3. The van der Waals surface area contributed by atoms with Gasteiger partial charge >= 0.3 is 0 Å². The molecule has 17 heavy (non-hydrogen) atoms. The second-order valence-electron chi connectivity index (χ2n) is 6.02. The molecule has 4 heteroatoms. The second kappa shape index (κ2) is 4.77. The number of nitrogens with one attached hydrogen (secondary N) is 1. The van der Waals surface area contributed by atoms with Crippen LogP contribution in [0.25, 0.3) is 0 Å². The van der Waals surface area contributed by atoms with Crippen molar-refractivity contribution in [2.45, 2.75) is 46.1 Å². The van der Waals surface area contributed by atoms with Gasteiger partial charge in [0, 0.05) is 25.8 Å². The van der Waals surface area contributed by atoms with Gasteiger partial charge in [-0.3, -0.25) is 4.68 Å². The first-order valence-electron chi connectivity index (χ1n) is 6.58. The Labute approximate surface area is 104 Å². The molecule has 96 valence electrons. The van der Waals surface area contributed by atoms with Crippen molar-refractivity contribution in [1.29, 1.82) is 0 Å². The molecule has 2 rings (SSSR count). The van der Waals surface area contributed by atoms with Crippen LogP contribution >= 0.6 is 0 Å². The van der Waals surface area contributed by atoms with Crippen molar-refractivity contribution in [2.24, 2.45) is 18.4 Å². The molecular formula is C13H24N4. The molecule has 1 aromatic rings. The predicted octanol–water partition coefficient (Wildman–Crippen LogP) is 1.77. The summed E-state index contributed by atoms with van der Waals surface area (Å²) in [6, 6.07) is 0.773. The van der Waals surface area contributed by atoms with Crippen molar-refractivity contribution >= 4 is 0 Å². The first-order valence-corrected chi connectivity index (χ1v) is 6.58. The van der Waals surface area contributed by atoms with E-state index in [-0.39, 0.29) is 5.41 Å². The topological polar surface area (TPSA) is 42.7 Å². The number of nitrogens with zero attached hydrogens (tertiary/aromatic N) is 3. The minimum atomic E-state index is 0.263. The monoisotopic (exact) mass is 236 g/mol. The van der Waals surface area contributed by atoms with Crippen molar-refractivity contribution in [3.8, 4) is 0 Å². The van der Waals surface area contributed by atoms with Crippen LogP contribution in [0.5, 0.6) is 0 Å². The zero-order valence-electron chi connectivity index (χ0n) is 11.4. The fraction of sp³-hybridized carbons (Fsp3) is 0.846. The third kappa shape index (κ3) is 3.28. The van der Waals surface area contributed by atoms with E-state index in [4.69, 9.17) is 0 Å². The molecule has 0 radical (unpaired) electrons. The number of hydrogen-bond donors (Lipinski definition) is 1. The van der Waals surface area contributed by atoms with Crippen LogP contribution in [0.15, 0.2) is 6.20 Å². The molecule has 4 nitrogen and oxygen atoms in total. The third-order valence-electron chi connectivity index (χ3n) is 4.00. The second-order valence-corrected chi connectivity index (χ2v) is 6.02. The summed E-state index contributed by atoms with van der Waals surface area (Å²) < 4.78 is 1.78. The minimum Gasteiger partial charge on any atom is -0.313 e. The summed E-state index contributed by atoms with van der Waals surface area (Å²) in [6.07, 6.45) is 5.72. The fourth-order valence-corrected chi connectivity index (χ4v) is 2.03. The van der Waals surface area contributed by atoms with Gasteiger partial charge in [0.25, 0.3) is 0 Å². The highest BCUT2D eigenvalue weighted by Gasteiger charge is 2.32. The SMILES string of the molecule is CC(C)C(C)(CNC1CC1)Cc1cn(C)nn1. The van der Waals surface area contributed by atoms with Crippen LogP contribution in [-0.4, -0.2) is 27.6 Å². The zero-order valence-corrected chi connectivity index (χ0v) is 11.4. The van der Waals surface area contributed by atoms with Gasteiger partial charge in [-0.2, -0.15) is 0 Å². The summed E-state index contributed by atoms with van der Waals surface area (Å²) in [5.74, 6) is 0.635. The van der Waals surface area contributed by atoms with Crippen LogP contribution in [0.3, 0.4) is 0 Å². The van der Waals surface area contributed by atoms with Gasteiger partial charge < -0.3 is 5.32 Å². The van der Waals surface area contributed by atoms with E-state index in [1.54, 1.807) is 4.68 Å². The molecule has 1 atom stereocenters. The van der Waals surface area contributed by atoms with E-state index < -0.39 is 0 Å². The maximum absolute atomic E-state index is 4.21. The van der Waals surface area contributed by atoms with E-state index in [1.807, 2.05) is 13.2 Å². The van der Waals surface area contributed by atoms with E-state index in [9.17, 15) is 0 Å². The van der Waals surface area contributed by atoms with Gasteiger partial charge in [-0.15, -0.1) is 5.10 Å². The van der Waals surface area contributed by atoms with E-state index >= 15 is 0 Å². The largest absolute Gasteiger partial charge is 0.313 e. The van der Waals surface area contributed by atoms with Crippen LogP contribution in [0, 0.1) is 11.3 Å². The van der Waals surface area contributed by atoms with Crippen LogP contribution in [0.1, 0.15) is 39.3 Å². The van der Waals surface area contributed by atoms with Crippen molar-refractivity contribution in [3.63, 3.8) is 0 Å². The average molecular weight is 236 g/mol. The molecule has 1 unspecified atom stereocenters. The molecule has 1 aliphatic carbocycles. The molecule has 1 fully saturated rings. The highest BCUT2D eigenvalue weighted by molar-refractivity contribution is 5.00. The molecule has 1 N–H and O–H groups in total. The number of rotatable bonds is 6. The Morgan fingerprint density at radius 3 is 2.71 bits per heavy atom. The lowest BCUT2D eigenvalue weighted by molar-refractivity contribution is 0.204. The summed E-state index contributed by atoms with van der Waals surface area (Å²) in [5.41, 5.74) is 1.36.